The Hall–Kier alpha value is -0.820. The molecule has 0 radical (unpaired) electrons. The summed E-state index contributed by atoms with van der Waals surface area (Å²) < 4.78 is 0. The van der Waals surface area contributed by atoms with E-state index in [-0.39, 0.29) is 0 Å². The topological polar surface area (TPSA) is 26.0 Å². The summed E-state index contributed by atoms with van der Waals surface area (Å²) in [5, 5.41) is 0. The van der Waals surface area contributed by atoms with E-state index in [0.29, 0.717) is 5.41 Å². The van der Waals surface area contributed by atoms with Gasteiger partial charge in [-0.1, -0.05) is 42.7 Å². The highest BCUT2D eigenvalue weighted by Gasteiger charge is 2.33. The summed E-state index contributed by atoms with van der Waals surface area (Å²) in [6.45, 7) is 2.96. The fraction of sp³-hybridized carbons (Fsp3) is 0.538. The van der Waals surface area contributed by atoms with Gasteiger partial charge in [0.15, 0.2) is 0 Å². The quantitative estimate of drug-likeness (QED) is 0.760. The predicted molar refractivity (Wildman–Crippen MR) is 60.4 cm³/mol. The molecule has 0 unspecified atom stereocenters. The van der Waals surface area contributed by atoms with Gasteiger partial charge >= 0.3 is 0 Å². The summed E-state index contributed by atoms with van der Waals surface area (Å²) in [5.74, 6) is 0. The van der Waals surface area contributed by atoms with Crippen molar-refractivity contribution in [2.45, 2.75) is 38.0 Å². The van der Waals surface area contributed by atoms with Crippen LogP contribution in [0.1, 0.15) is 36.8 Å². The summed E-state index contributed by atoms with van der Waals surface area (Å²) in [6.07, 6.45) is 5.22. The molecule has 0 aliphatic heterocycles. The van der Waals surface area contributed by atoms with Gasteiger partial charge in [-0.3, -0.25) is 0 Å². The molecule has 1 heteroatoms. The zero-order chi connectivity index (χ0) is 10.0. The molecule has 0 amide bonds. The van der Waals surface area contributed by atoms with E-state index < -0.39 is 0 Å². The van der Waals surface area contributed by atoms with Crippen LogP contribution in [0.25, 0.3) is 0 Å². The monoisotopic (exact) mass is 189 g/mol. The minimum absolute atomic E-state index is 0.298. The van der Waals surface area contributed by atoms with Gasteiger partial charge in [0.25, 0.3) is 0 Å². The van der Waals surface area contributed by atoms with Crippen LogP contribution in [0.2, 0.25) is 0 Å². The molecule has 1 aromatic rings. The van der Waals surface area contributed by atoms with E-state index in [1.165, 1.54) is 36.8 Å². The Morgan fingerprint density at radius 3 is 2.57 bits per heavy atom. The first-order valence-electron chi connectivity index (χ1n) is 5.54. The zero-order valence-electron chi connectivity index (χ0n) is 8.92. The molecule has 1 saturated carbocycles. The van der Waals surface area contributed by atoms with Crippen LogP contribution in [-0.2, 0) is 5.41 Å². The number of hydrogen-bond donors (Lipinski definition) is 1. The minimum Gasteiger partial charge on any atom is -0.330 e. The molecule has 2 N–H and O–H groups in total. The predicted octanol–water partition coefficient (Wildman–Crippen LogP) is 2.77. The number of aryl methyl sites for hydroxylation is 1. The van der Waals surface area contributed by atoms with E-state index in [1.54, 1.807) is 0 Å². The second-order valence-corrected chi connectivity index (χ2v) is 4.56. The Morgan fingerprint density at radius 1 is 1.29 bits per heavy atom. The molecule has 1 nitrogen and oxygen atoms in total. The first-order valence-corrected chi connectivity index (χ1v) is 5.54. The third kappa shape index (κ3) is 1.57. The van der Waals surface area contributed by atoms with Crippen LogP contribution in [0, 0.1) is 6.92 Å². The van der Waals surface area contributed by atoms with Crippen LogP contribution in [0.3, 0.4) is 0 Å². The van der Waals surface area contributed by atoms with E-state index in [2.05, 4.69) is 31.2 Å². The van der Waals surface area contributed by atoms with Gasteiger partial charge in [-0.15, -0.1) is 0 Å². The van der Waals surface area contributed by atoms with E-state index in [0.717, 1.165) is 6.54 Å². The Balaban J connectivity index is 2.35. The summed E-state index contributed by atoms with van der Waals surface area (Å²) >= 11 is 0. The largest absolute Gasteiger partial charge is 0.330 e. The van der Waals surface area contributed by atoms with Crippen molar-refractivity contribution in [1.29, 1.82) is 0 Å². The number of nitrogens with two attached hydrogens (primary N) is 1. The smallest absolute Gasteiger partial charge is 0.00756 e. The maximum absolute atomic E-state index is 5.95. The summed E-state index contributed by atoms with van der Waals surface area (Å²) in [6, 6.07) is 8.85. The molecule has 76 valence electrons. The molecule has 1 aromatic carbocycles. The molecule has 0 spiro atoms. The van der Waals surface area contributed by atoms with Gasteiger partial charge in [-0.25, -0.2) is 0 Å². The number of benzene rings is 1. The van der Waals surface area contributed by atoms with Gasteiger partial charge in [-0.05, 0) is 25.3 Å². The first kappa shape index (κ1) is 9.72. The molecule has 1 aliphatic carbocycles. The van der Waals surface area contributed by atoms with Crippen molar-refractivity contribution in [1.82, 2.24) is 0 Å². The molecule has 0 heterocycles. The van der Waals surface area contributed by atoms with E-state index in [4.69, 9.17) is 5.73 Å². The van der Waals surface area contributed by atoms with Crippen LogP contribution in [-0.4, -0.2) is 6.54 Å². The molecule has 0 saturated heterocycles. The van der Waals surface area contributed by atoms with Gasteiger partial charge in [0.05, 0.1) is 0 Å². The van der Waals surface area contributed by atoms with Crippen molar-refractivity contribution in [3.8, 4) is 0 Å². The Bertz CT molecular complexity index is 311. The Labute approximate surface area is 86.3 Å². The SMILES string of the molecule is Cc1cccc(C2(CN)CCCC2)c1. The lowest BCUT2D eigenvalue weighted by Crippen LogP contribution is -2.31. The van der Waals surface area contributed by atoms with Crippen LogP contribution < -0.4 is 5.73 Å². The molecule has 0 atom stereocenters. The van der Waals surface area contributed by atoms with Gasteiger partial charge in [0, 0.05) is 12.0 Å². The maximum Gasteiger partial charge on any atom is 0.00756 e. The molecule has 14 heavy (non-hydrogen) atoms. The highest BCUT2D eigenvalue weighted by molar-refractivity contribution is 5.31. The summed E-state index contributed by atoms with van der Waals surface area (Å²) in [5.41, 5.74) is 9.05. The van der Waals surface area contributed by atoms with Gasteiger partial charge in [0.1, 0.15) is 0 Å². The van der Waals surface area contributed by atoms with E-state index >= 15 is 0 Å². The van der Waals surface area contributed by atoms with E-state index in [9.17, 15) is 0 Å². The Morgan fingerprint density at radius 2 is 2.00 bits per heavy atom. The van der Waals surface area contributed by atoms with Gasteiger partial charge in [-0.2, -0.15) is 0 Å². The third-order valence-electron chi connectivity index (χ3n) is 3.58. The van der Waals surface area contributed by atoms with Crippen molar-refractivity contribution < 1.29 is 0 Å². The van der Waals surface area contributed by atoms with Crippen LogP contribution in [0.5, 0.6) is 0 Å². The fourth-order valence-corrected chi connectivity index (χ4v) is 2.64. The highest BCUT2D eigenvalue weighted by Crippen LogP contribution is 2.40. The van der Waals surface area contributed by atoms with Gasteiger partial charge < -0.3 is 5.73 Å². The van der Waals surface area contributed by atoms with Crippen molar-refractivity contribution in [2.75, 3.05) is 6.54 Å². The molecule has 0 bridgehead atoms. The molecular formula is C13H19N. The highest BCUT2D eigenvalue weighted by atomic mass is 14.6. The van der Waals surface area contributed by atoms with Crippen molar-refractivity contribution in [3.05, 3.63) is 35.4 Å². The zero-order valence-corrected chi connectivity index (χ0v) is 8.92. The normalized spacial score (nSPS) is 19.9. The lowest BCUT2D eigenvalue weighted by molar-refractivity contribution is 0.453. The molecular weight excluding hydrogens is 170 g/mol. The second kappa shape index (κ2) is 3.74. The number of hydrogen-bond acceptors (Lipinski definition) is 1. The minimum atomic E-state index is 0.298. The Kier molecular flexibility index (Phi) is 2.60. The van der Waals surface area contributed by atoms with Crippen molar-refractivity contribution in [3.63, 3.8) is 0 Å². The summed E-state index contributed by atoms with van der Waals surface area (Å²) in [7, 11) is 0. The van der Waals surface area contributed by atoms with Crippen LogP contribution in [0.15, 0.2) is 24.3 Å². The molecule has 0 aromatic heterocycles. The second-order valence-electron chi connectivity index (χ2n) is 4.56. The molecule has 1 aliphatic rings. The molecule has 1 fully saturated rings. The number of rotatable bonds is 2. The molecule has 2 rings (SSSR count). The fourth-order valence-electron chi connectivity index (χ4n) is 2.64. The van der Waals surface area contributed by atoms with Crippen molar-refractivity contribution in [2.24, 2.45) is 5.73 Å². The average Bonchev–Trinajstić information content (AvgIpc) is 2.67. The van der Waals surface area contributed by atoms with Crippen LogP contribution >= 0.6 is 0 Å². The summed E-state index contributed by atoms with van der Waals surface area (Å²) in [4.78, 5) is 0. The lowest BCUT2D eigenvalue weighted by atomic mass is 9.78. The first-order chi connectivity index (χ1) is 6.77. The maximum atomic E-state index is 5.95. The lowest BCUT2D eigenvalue weighted by Gasteiger charge is -2.28. The van der Waals surface area contributed by atoms with Gasteiger partial charge in [0.2, 0.25) is 0 Å². The van der Waals surface area contributed by atoms with Crippen molar-refractivity contribution >= 4 is 0 Å². The van der Waals surface area contributed by atoms with Crippen LogP contribution in [0.4, 0.5) is 0 Å². The standard InChI is InChI=1S/C13H19N/c1-11-5-4-6-12(9-11)13(10-14)7-2-3-8-13/h4-6,9H,2-3,7-8,10,14H2,1H3. The average molecular weight is 189 g/mol. The third-order valence-corrected chi connectivity index (χ3v) is 3.58. The van der Waals surface area contributed by atoms with E-state index in [1.807, 2.05) is 0 Å².